The number of aromatic nitrogens is 1. The second-order valence-electron chi connectivity index (χ2n) is 8.88. The largest absolute Gasteiger partial charge is 0.495 e. The number of esters is 1. The average Bonchev–Trinajstić information content (AvgIpc) is 3.34. The molecule has 9 heteroatoms. The lowest BCUT2D eigenvalue weighted by Crippen LogP contribution is -2.19. The Hall–Kier alpha value is -4.40. The maximum atomic E-state index is 13.4. The maximum absolute atomic E-state index is 13.4. The van der Waals surface area contributed by atoms with Crippen LogP contribution in [0.5, 0.6) is 11.5 Å². The van der Waals surface area contributed by atoms with Crippen LogP contribution >= 0.6 is 27.5 Å². The topological polar surface area (TPSA) is 92.8 Å². The Morgan fingerprint density at radius 3 is 2.55 bits per heavy atom. The van der Waals surface area contributed by atoms with Crippen LogP contribution in [-0.2, 0) is 0 Å². The third-order valence-corrected chi connectivity index (χ3v) is 7.01. The van der Waals surface area contributed by atoms with Gasteiger partial charge < -0.3 is 14.5 Å². The van der Waals surface area contributed by atoms with E-state index in [1.807, 2.05) is 49.4 Å². The molecule has 5 rings (SSSR count). The predicted molar refractivity (Wildman–Crippen MR) is 161 cm³/mol. The van der Waals surface area contributed by atoms with Gasteiger partial charge in [-0.2, -0.15) is 5.10 Å². The fourth-order valence-electron chi connectivity index (χ4n) is 4.34. The molecule has 4 aromatic carbocycles. The number of hydrogen-bond donors (Lipinski definition) is 2. The number of ether oxygens (including phenoxy) is 2. The molecule has 0 atom stereocenters. The minimum Gasteiger partial charge on any atom is -0.495 e. The summed E-state index contributed by atoms with van der Waals surface area (Å²) in [6.07, 6.45) is 1.42. The van der Waals surface area contributed by atoms with E-state index >= 15 is 0 Å². The SMILES string of the molecule is COc1cccc2c(-c3ccccc3Cl)c(C(=O)NN=Cc3cc(Br)ccc3OC(=O)c3cccc(C)c3)[nH]c12. The second-order valence-corrected chi connectivity index (χ2v) is 10.2. The van der Waals surface area contributed by atoms with Gasteiger partial charge in [-0.25, -0.2) is 10.2 Å². The monoisotopic (exact) mass is 615 g/mol. The smallest absolute Gasteiger partial charge is 0.343 e. The summed E-state index contributed by atoms with van der Waals surface area (Å²) < 4.78 is 11.9. The molecule has 0 fully saturated rings. The van der Waals surface area contributed by atoms with Crippen molar-refractivity contribution < 1.29 is 19.1 Å². The molecule has 40 heavy (non-hydrogen) atoms. The van der Waals surface area contributed by atoms with E-state index < -0.39 is 11.9 Å². The summed E-state index contributed by atoms with van der Waals surface area (Å²) in [6.45, 7) is 1.90. The third kappa shape index (κ3) is 5.64. The van der Waals surface area contributed by atoms with E-state index in [1.54, 1.807) is 49.6 Å². The van der Waals surface area contributed by atoms with Gasteiger partial charge in [0.05, 0.1) is 24.4 Å². The summed E-state index contributed by atoms with van der Waals surface area (Å²) in [6, 6.07) is 25.1. The Bertz CT molecular complexity index is 1780. The number of nitrogens with zero attached hydrogens (tertiary/aromatic N) is 1. The standard InChI is InChI=1S/C31H23BrClN3O4/c1-18-7-5-8-19(15-18)31(38)40-25-14-13-21(32)16-20(25)17-34-36-30(37)29-27(22-9-3-4-11-24(22)33)23-10-6-12-26(39-2)28(23)35-29/h3-17,35H,1-2H3,(H,36,37). The van der Waals surface area contributed by atoms with Crippen LogP contribution in [0.25, 0.3) is 22.0 Å². The molecule has 1 amide bonds. The molecule has 5 aromatic rings. The number of nitrogens with one attached hydrogen (secondary N) is 2. The van der Waals surface area contributed by atoms with Crippen molar-refractivity contribution in [1.82, 2.24) is 10.4 Å². The highest BCUT2D eigenvalue weighted by Gasteiger charge is 2.22. The van der Waals surface area contributed by atoms with Gasteiger partial charge in [-0.05, 0) is 49.4 Å². The molecular weight excluding hydrogens is 594 g/mol. The van der Waals surface area contributed by atoms with Crippen molar-refractivity contribution in [3.05, 3.63) is 117 Å². The molecule has 0 saturated carbocycles. The number of aromatic amines is 1. The zero-order valence-corrected chi connectivity index (χ0v) is 23.8. The number of benzene rings is 4. The number of carbonyl (C=O) groups excluding carboxylic acids is 2. The molecule has 200 valence electrons. The fourth-order valence-corrected chi connectivity index (χ4v) is 4.94. The van der Waals surface area contributed by atoms with Crippen LogP contribution in [-0.4, -0.2) is 30.2 Å². The molecular formula is C31H23BrClN3O4. The van der Waals surface area contributed by atoms with Crippen molar-refractivity contribution in [3.63, 3.8) is 0 Å². The van der Waals surface area contributed by atoms with Gasteiger partial charge in [0.15, 0.2) is 0 Å². The van der Waals surface area contributed by atoms with Gasteiger partial charge in [-0.1, -0.05) is 75.6 Å². The molecule has 0 aliphatic carbocycles. The van der Waals surface area contributed by atoms with E-state index in [4.69, 9.17) is 21.1 Å². The van der Waals surface area contributed by atoms with Crippen molar-refractivity contribution >= 4 is 56.5 Å². The highest BCUT2D eigenvalue weighted by Crippen LogP contribution is 2.39. The van der Waals surface area contributed by atoms with Gasteiger partial charge in [-0.3, -0.25) is 4.79 Å². The Balaban J connectivity index is 1.45. The molecule has 0 saturated heterocycles. The van der Waals surface area contributed by atoms with E-state index in [2.05, 4.69) is 31.4 Å². The van der Waals surface area contributed by atoms with E-state index in [0.717, 1.165) is 15.4 Å². The zero-order chi connectivity index (χ0) is 28.2. The number of hydrogen-bond acceptors (Lipinski definition) is 5. The van der Waals surface area contributed by atoms with Crippen molar-refractivity contribution in [2.45, 2.75) is 6.92 Å². The van der Waals surface area contributed by atoms with Gasteiger partial charge >= 0.3 is 5.97 Å². The summed E-state index contributed by atoms with van der Waals surface area (Å²) in [5.41, 5.74) is 6.68. The number of H-pyrrole nitrogens is 1. The molecule has 1 aromatic heterocycles. The van der Waals surface area contributed by atoms with Crippen LogP contribution in [0.15, 0.2) is 94.5 Å². The molecule has 0 radical (unpaired) electrons. The van der Waals surface area contributed by atoms with Crippen LogP contribution in [0, 0.1) is 6.92 Å². The first-order valence-electron chi connectivity index (χ1n) is 12.2. The normalized spacial score (nSPS) is 11.1. The lowest BCUT2D eigenvalue weighted by atomic mass is 10.0. The molecule has 0 aliphatic rings. The summed E-state index contributed by atoms with van der Waals surface area (Å²) in [4.78, 5) is 29.3. The van der Waals surface area contributed by atoms with E-state index in [9.17, 15) is 9.59 Å². The molecule has 0 aliphatic heterocycles. The summed E-state index contributed by atoms with van der Waals surface area (Å²) in [7, 11) is 1.57. The number of carbonyl (C=O) groups is 2. The van der Waals surface area contributed by atoms with Crippen molar-refractivity contribution in [2.75, 3.05) is 7.11 Å². The van der Waals surface area contributed by atoms with Gasteiger partial charge in [0, 0.05) is 31.6 Å². The van der Waals surface area contributed by atoms with E-state index in [-0.39, 0.29) is 5.69 Å². The van der Waals surface area contributed by atoms with Gasteiger partial charge in [0.2, 0.25) is 0 Å². The number of amides is 1. The van der Waals surface area contributed by atoms with Gasteiger partial charge in [-0.15, -0.1) is 0 Å². The van der Waals surface area contributed by atoms with E-state index in [1.165, 1.54) is 6.21 Å². The first-order chi connectivity index (χ1) is 19.4. The summed E-state index contributed by atoms with van der Waals surface area (Å²) in [5, 5.41) is 5.44. The Morgan fingerprint density at radius 1 is 0.975 bits per heavy atom. The lowest BCUT2D eigenvalue weighted by Gasteiger charge is -2.09. The predicted octanol–water partition coefficient (Wildman–Crippen LogP) is 7.55. The average molecular weight is 617 g/mol. The molecule has 0 spiro atoms. The molecule has 7 nitrogen and oxygen atoms in total. The highest BCUT2D eigenvalue weighted by molar-refractivity contribution is 9.10. The number of fused-ring (bicyclic) bond motifs is 1. The summed E-state index contributed by atoms with van der Waals surface area (Å²) in [5.74, 6) is -0.110. The highest BCUT2D eigenvalue weighted by atomic mass is 79.9. The molecule has 0 bridgehead atoms. The number of rotatable bonds is 7. The Labute approximate surface area is 243 Å². The minimum atomic E-state index is -0.499. The number of hydrazone groups is 1. The summed E-state index contributed by atoms with van der Waals surface area (Å²) >= 11 is 9.96. The number of methoxy groups -OCH3 is 1. The Morgan fingerprint density at radius 2 is 1.77 bits per heavy atom. The van der Waals surface area contributed by atoms with Crippen LogP contribution in [0.2, 0.25) is 5.02 Å². The van der Waals surface area contributed by atoms with Crippen molar-refractivity contribution in [2.24, 2.45) is 5.10 Å². The van der Waals surface area contributed by atoms with Crippen molar-refractivity contribution in [3.8, 4) is 22.6 Å². The van der Waals surface area contributed by atoms with Gasteiger partial charge in [0.1, 0.15) is 17.2 Å². The van der Waals surface area contributed by atoms with Crippen LogP contribution in [0.1, 0.15) is 32.0 Å². The second kappa shape index (κ2) is 11.8. The molecule has 2 N–H and O–H groups in total. The zero-order valence-electron chi connectivity index (χ0n) is 21.5. The van der Waals surface area contributed by atoms with E-state index in [0.29, 0.717) is 44.3 Å². The van der Waals surface area contributed by atoms with Crippen molar-refractivity contribution in [1.29, 1.82) is 0 Å². The van der Waals surface area contributed by atoms with Crippen LogP contribution < -0.4 is 14.9 Å². The fraction of sp³-hybridized carbons (Fsp3) is 0.0645. The minimum absolute atomic E-state index is 0.269. The number of halogens is 2. The first kappa shape index (κ1) is 27.2. The van der Waals surface area contributed by atoms with Crippen LogP contribution in [0.3, 0.4) is 0 Å². The van der Waals surface area contributed by atoms with Gasteiger partial charge in [0.25, 0.3) is 5.91 Å². The third-order valence-electron chi connectivity index (χ3n) is 6.18. The number of para-hydroxylation sites is 1. The van der Waals surface area contributed by atoms with Crippen LogP contribution in [0.4, 0.5) is 0 Å². The Kier molecular flexibility index (Phi) is 8.00. The number of aryl methyl sites for hydroxylation is 1. The quantitative estimate of drug-likeness (QED) is 0.0855. The molecule has 0 unspecified atom stereocenters. The first-order valence-corrected chi connectivity index (χ1v) is 13.4. The maximum Gasteiger partial charge on any atom is 0.343 e. The molecule has 1 heterocycles. The lowest BCUT2D eigenvalue weighted by molar-refractivity contribution is 0.0734.